The van der Waals surface area contributed by atoms with Gasteiger partial charge in [0.1, 0.15) is 0 Å². The van der Waals surface area contributed by atoms with Gasteiger partial charge in [-0.3, -0.25) is 4.55 Å². The van der Waals surface area contributed by atoms with E-state index in [1.165, 1.54) is 0 Å². The summed E-state index contributed by atoms with van der Waals surface area (Å²) in [5.74, 6) is 0.450. The van der Waals surface area contributed by atoms with Crippen molar-refractivity contribution in [1.82, 2.24) is 0 Å². The first-order valence-electron chi connectivity index (χ1n) is 4.15. The minimum atomic E-state index is -4.31. The molecule has 0 aromatic rings. The smallest absolute Gasteiger partial charge is 0.379 e. The predicted molar refractivity (Wildman–Crippen MR) is 47.8 cm³/mol. The lowest BCUT2D eigenvalue weighted by Gasteiger charge is -2.08. The molecule has 1 N–H and O–H groups in total. The minimum Gasteiger partial charge on any atom is -0.379 e. The van der Waals surface area contributed by atoms with Crippen LogP contribution in [0.2, 0.25) is 0 Å². The lowest BCUT2D eigenvalue weighted by molar-refractivity contribution is 0.0754. The Balaban J connectivity index is 3.27. The molecule has 1 atom stereocenters. The van der Waals surface area contributed by atoms with Gasteiger partial charge in [-0.25, -0.2) is 4.18 Å². The lowest BCUT2D eigenvalue weighted by atomic mass is 10.1. The molecule has 0 saturated heterocycles. The topological polar surface area (TPSA) is 72.8 Å². The molecule has 0 bridgehead atoms. The van der Waals surface area contributed by atoms with Gasteiger partial charge in [0, 0.05) is 6.61 Å². The van der Waals surface area contributed by atoms with Crippen LogP contribution in [0.3, 0.4) is 0 Å². The van der Waals surface area contributed by atoms with Gasteiger partial charge in [-0.15, -0.1) is 0 Å². The van der Waals surface area contributed by atoms with E-state index in [0.29, 0.717) is 12.5 Å². The Kier molecular flexibility index (Phi) is 6.23. The molecule has 0 aliphatic rings. The van der Waals surface area contributed by atoms with Crippen molar-refractivity contribution in [1.29, 1.82) is 0 Å². The van der Waals surface area contributed by atoms with Crippen molar-refractivity contribution in [3.8, 4) is 0 Å². The van der Waals surface area contributed by atoms with Crippen LogP contribution >= 0.6 is 0 Å². The minimum absolute atomic E-state index is 0.144. The maximum absolute atomic E-state index is 10.1. The fraction of sp³-hybridized carbons (Fsp3) is 1.00. The van der Waals surface area contributed by atoms with Crippen LogP contribution in [0, 0.1) is 5.92 Å². The Morgan fingerprint density at radius 1 is 1.38 bits per heavy atom. The average molecular weight is 212 g/mol. The van der Waals surface area contributed by atoms with E-state index in [2.05, 4.69) is 4.18 Å². The maximum atomic E-state index is 10.1. The van der Waals surface area contributed by atoms with E-state index in [4.69, 9.17) is 9.29 Å². The van der Waals surface area contributed by atoms with E-state index >= 15 is 0 Å². The second-order valence-corrected chi connectivity index (χ2v) is 3.93. The Labute approximate surface area is 79.0 Å². The summed E-state index contributed by atoms with van der Waals surface area (Å²) in [6, 6.07) is 0. The van der Waals surface area contributed by atoms with Crippen molar-refractivity contribution >= 4 is 10.4 Å². The van der Waals surface area contributed by atoms with Crippen LogP contribution < -0.4 is 0 Å². The van der Waals surface area contributed by atoms with Crippen molar-refractivity contribution in [3.63, 3.8) is 0 Å². The summed E-state index contributed by atoms with van der Waals surface area (Å²) in [5, 5.41) is 0. The van der Waals surface area contributed by atoms with Gasteiger partial charge in [0.15, 0.2) is 0 Å². The maximum Gasteiger partial charge on any atom is 0.397 e. The summed E-state index contributed by atoms with van der Waals surface area (Å²) in [5.41, 5.74) is 0. The Morgan fingerprint density at radius 2 is 2.00 bits per heavy atom. The predicted octanol–water partition coefficient (Wildman–Crippen LogP) is 0.869. The van der Waals surface area contributed by atoms with Crippen LogP contribution in [0.25, 0.3) is 0 Å². The average Bonchev–Trinajstić information content (AvgIpc) is 2.01. The second kappa shape index (κ2) is 6.31. The van der Waals surface area contributed by atoms with Gasteiger partial charge in [0.2, 0.25) is 0 Å². The molecular formula is C7H16O5S. The highest BCUT2D eigenvalue weighted by Crippen LogP contribution is 2.00. The van der Waals surface area contributed by atoms with E-state index in [-0.39, 0.29) is 13.2 Å². The largest absolute Gasteiger partial charge is 0.397 e. The molecule has 0 heterocycles. The molecule has 13 heavy (non-hydrogen) atoms. The Bertz CT molecular complexity index is 211. The molecule has 80 valence electrons. The van der Waals surface area contributed by atoms with Crippen LogP contribution in [0.1, 0.15) is 20.3 Å². The lowest BCUT2D eigenvalue weighted by Crippen LogP contribution is -2.12. The zero-order valence-corrected chi connectivity index (χ0v) is 8.71. The number of rotatable bonds is 7. The number of hydrogen-bond donors (Lipinski definition) is 1. The molecule has 0 spiro atoms. The van der Waals surface area contributed by atoms with Crippen LogP contribution in [-0.2, 0) is 19.3 Å². The van der Waals surface area contributed by atoms with E-state index < -0.39 is 10.4 Å². The third-order valence-electron chi connectivity index (χ3n) is 1.56. The zero-order valence-electron chi connectivity index (χ0n) is 7.89. The quantitative estimate of drug-likeness (QED) is 0.500. The number of hydrogen-bond acceptors (Lipinski definition) is 4. The van der Waals surface area contributed by atoms with E-state index in [1.807, 2.05) is 13.8 Å². The summed E-state index contributed by atoms with van der Waals surface area (Å²) < 4.78 is 37.4. The summed E-state index contributed by atoms with van der Waals surface area (Å²) in [4.78, 5) is 0. The molecule has 0 aromatic heterocycles. The van der Waals surface area contributed by atoms with Gasteiger partial charge in [0.25, 0.3) is 0 Å². The first-order valence-corrected chi connectivity index (χ1v) is 5.51. The van der Waals surface area contributed by atoms with Gasteiger partial charge in [-0.05, 0) is 5.92 Å². The molecule has 0 aromatic carbocycles. The van der Waals surface area contributed by atoms with Crippen LogP contribution in [0.15, 0.2) is 0 Å². The summed E-state index contributed by atoms with van der Waals surface area (Å²) in [6.07, 6.45) is 1.01. The van der Waals surface area contributed by atoms with Gasteiger partial charge in [0.05, 0.1) is 13.2 Å². The monoisotopic (exact) mass is 212 g/mol. The van der Waals surface area contributed by atoms with Crippen molar-refractivity contribution in [3.05, 3.63) is 0 Å². The van der Waals surface area contributed by atoms with Crippen molar-refractivity contribution in [2.45, 2.75) is 20.3 Å². The normalized spacial score (nSPS) is 14.4. The molecule has 0 aliphatic heterocycles. The van der Waals surface area contributed by atoms with E-state index in [0.717, 1.165) is 6.42 Å². The van der Waals surface area contributed by atoms with Gasteiger partial charge >= 0.3 is 10.4 Å². The second-order valence-electron chi connectivity index (χ2n) is 2.84. The third-order valence-corrected chi connectivity index (χ3v) is 2.02. The molecule has 0 aliphatic carbocycles. The molecule has 0 amide bonds. The molecular weight excluding hydrogens is 196 g/mol. The molecule has 0 fully saturated rings. The van der Waals surface area contributed by atoms with E-state index in [1.54, 1.807) is 0 Å². The Morgan fingerprint density at radius 3 is 2.46 bits per heavy atom. The standard InChI is InChI=1S/C7H16O5S/c1-3-7(2)6-11-4-5-12-13(8,9)10/h7H,3-6H2,1-2H3,(H,8,9,10). The highest BCUT2D eigenvalue weighted by molar-refractivity contribution is 7.80. The zero-order chi connectivity index (χ0) is 10.3. The van der Waals surface area contributed by atoms with Gasteiger partial charge < -0.3 is 4.74 Å². The van der Waals surface area contributed by atoms with Gasteiger partial charge in [-0.1, -0.05) is 20.3 Å². The van der Waals surface area contributed by atoms with Crippen LogP contribution in [-0.4, -0.2) is 32.8 Å². The molecule has 6 heteroatoms. The van der Waals surface area contributed by atoms with E-state index in [9.17, 15) is 8.42 Å². The van der Waals surface area contributed by atoms with Crippen molar-refractivity contribution < 1.29 is 21.9 Å². The first kappa shape index (κ1) is 12.8. The highest BCUT2D eigenvalue weighted by Gasteiger charge is 2.03. The molecule has 0 rings (SSSR count). The highest BCUT2D eigenvalue weighted by atomic mass is 32.3. The van der Waals surface area contributed by atoms with Crippen LogP contribution in [0.4, 0.5) is 0 Å². The first-order chi connectivity index (χ1) is 5.95. The summed E-state index contributed by atoms with van der Waals surface area (Å²) >= 11 is 0. The van der Waals surface area contributed by atoms with Crippen LogP contribution in [0.5, 0.6) is 0 Å². The van der Waals surface area contributed by atoms with Gasteiger partial charge in [-0.2, -0.15) is 8.42 Å². The fourth-order valence-electron chi connectivity index (χ4n) is 0.601. The molecule has 0 radical (unpaired) electrons. The SMILES string of the molecule is CCC(C)COCCOS(=O)(=O)O. The molecule has 5 nitrogen and oxygen atoms in total. The third kappa shape index (κ3) is 9.75. The Hall–Kier alpha value is -0.170. The summed E-state index contributed by atoms with van der Waals surface area (Å²) in [7, 11) is -4.31. The summed E-state index contributed by atoms with van der Waals surface area (Å²) in [6.45, 7) is 4.68. The molecule has 0 saturated carbocycles. The molecule has 1 unspecified atom stereocenters. The number of ether oxygens (including phenoxy) is 1. The fourth-order valence-corrected chi connectivity index (χ4v) is 0.879. The van der Waals surface area contributed by atoms with Crippen molar-refractivity contribution in [2.24, 2.45) is 5.92 Å². The van der Waals surface area contributed by atoms with Crippen molar-refractivity contribution in [2.75, 3.05) is 19.8 Å².